The smallest absolute Gasteiger partial charge is 0.488 e. The molecule has 1 aliphatic carbocycles. The van der Waals surface area contributed by atoms with Crippen molar-refractivity contribution in [1.82, 2.24) is 0 Å². The van der Waals surface area contributed by atoms with E-state index in [0.717, 1.165) is 23.3 Å². The number of hydrogen-bond acceptors (Lipinski definition) is 9. The Hall–Kier alpha value is -4.00. The Balaban J connectivity index is 1.45. The van der Waals surface area contributed by atoms with Crippen molar-refractivity contribution < 1.29 is 44.1 Å². The zero-order valence-corrected chi connectivity index (χ0v) is 25.8. The van der Waals surface area contributed by atoms with Gasteiger partial charge in [-0.25, -0.2) is 0 Å². The Labute approximate surface area is 268 Å². The number of fused-ring (bicyclic) bond motifs is 1. The molecule has 11 heteroatoms. The average molecular weight is 630 g/mol. The zero-order chi connectivity index (χ0) is 32.8. The summed E-state index contributed by atoms with van der Waals surface area (Å²) in [6, 6.07) is 18.6. The fourth-order valence-corrected chi connectivity index (χ4v) is 6.68. The lowest BCUT2D eigenvalue weighted by Gasteiger charge is -2.36. The Kier molecular flexibility index (Phi) is 10.9. The van der Waals surface area contributed by atoms with Gasteiger partial charge in [-0.15, -0.1) is 0 Å². The minimum Gasteiger partial charge on any atom is -0.489 e. The number of aliphatic hydroxyl groups excluding tert-OH is 3. The average Bonchev–Trinajstić information content (AvgIpc) is 3.63. The number of anilines is 1. The molecule has 242 valence electrons. The molecule has 0 spiro atoms. The molecule has 2 amide bonds. The molecule has 2 aliphatic rings. The number of ether oxygens (including phenoxy) is 1. The van der Waals surface area contributed by atoms with Gasteiger partial charge < -0.3 is 34.5 Å². The van der Waals surface area contributed by atoms with E-state index in [4.69, 9.17) is 9.15 Å². The molecule has 2 heterocycles. The highest BCUT2D eigenvalue weighted by molar-refractivity contribution is 6.58. The molecule has 5 N–H and O–H groups in total. The molecule has 5 rings (SSSR count). The van der Waals surface area contributed by atoms with Gasteiger partial charge in [0.1, 0.15) is 30.5 Å². The molecule has 1 aliphatic heterocycles. The first-order valence-electron chi connectivity index (χ1n) is 15.7. The van der Waals surface area contributed by atoms with Crippen LogP contribution in [0.2, 0.25) is 0 Å². The van der Waals surface area contributed by atoms with Crippen molar-refractivity contribution in [2.24, 2.45) is 17.8 Å². The first kappa shape index (κ1) is 33.4. The molecule has 2 aromatic carbocycles. The van der Waals surface area contributed by atoms with Crippen LogP contribution in [-0.2, 0) is 16.2 Å². The summed E-state index contributed by atoms with van der Waals surface area (Å²) in [5, 5.41) is 51.2. The lowest BCUT2D eigenvalue weighted by Crippen LogP contribution is -2.40. The number of allylic oxidation sites excluding steroid dienone is 1. The fourth-order valence-electron chi connectivity index (χ4n) is 6.68. The van der Waals surface area contributed by atoms with E-state index in [9.17, 15) is 35.0 Å². The molecule has 1 fully saturated rings. The second-order valence-corrected chi connectivity index (χ2v) is 11.8. The summed E-state index contributed by atoms with van der Waals surface area (Å²) < 4.78 is 11.7. The minimum atomic E-state index is -1.78. The van der Waals surface area contributed by atoms with Crippen LogP contribution in [0.5, 0.6) is 5.75 Å². The SMILES string of the molecule is CCC/C(=C\c1ccc(CO)o1)CC[C@@H](O)C1=C(COc2ccccc2)C[C@H]2C(=O)N(c3cccc(B(O)O)c3)C(=O)[C@H]2[C@H]1CO. The van der Waals surface area contributed by atoms with E-state index in [1.165, 1.54) is 18.2 Å². The summed E-state index contributed by atoms with van der Waals surface area (Å²) in [6.45, 7) is 1.47. The van der Waals surface area contributed by atoms with Crippen molar-refractivity contribution in [1.29, 1.82) is 0 Å². The number of amides is 2. The monoisotopic (exact) mass is 629 g/mol. The molecular weight excluding hydrogens is 589 g/mol. The van der Waals surface area contributed by atoms with Gasteiger partial charge >= 0.3 is 7.12 Å². The quantitative estimate of drug-likeness (QED) is 0.103. The normalized spacial score (nSPS) is 20.7. The number of hydrogen-bond donors (Lipinski definition) is 5. The van der Waals surface area contributed by atoms with E-state index >= 15 is 0 Å². The van der Waals surface area contributed by atoms with Crippen LogP contribution in [0, 0.1) is 17.8 Å². The molecule has 0 bridgehead atoms. The number of aliphatic hydroxyl groups is 3. The number of para-hydroxylation sites is 1. The van der Waals surface area contributed by atoms with Crippen molar-refractivity contribution in [2.75, 3.05) is 18.1 Å². The van der Waals surface area contributed by atoms with Gasteiger partial charge in [0.25, 0.3) is 0 Å². The van der Waals surface area contributed by atoms with Crippen LogP contribution in [-0.4, -0.2) is 63.6 Å². The maximum Gasteiger partial charge on any atom is 0.488 e. The predicted octanol–water partition coefficient (Wildman–Crippen LogP) is 2.97. The van der Waals surface area contributed by atoms with Crippen LogP contribution in [0.3, 0.4) is 0 Å². The number of rotatable bonds is 14. The van der Waals surface area contributed by atoms with E-state index in [0.29, 0.717) is 41.3 Å². The highest BCUT2D eigenvalue weighted by Crippen LogP contribution is 2.47. The van der Waals surface area contributed by atoms with Crippen molar-refractivity contribution in [3.8, 4) is 5.75 Å². The Morgan fingerprint density at radius 3 is 2.50 bits per heavy atom. The molecule has 46 heavy (non-hydrogen) atoms. The minimum absolute atomic E-state index is 0.0672. The first-order chi connectivity index (χ1) is 22.2. The molecule has 3 aromatic rings. The van der Waals surface area contributed by atoms with Crippen LogP contribution >= 0.6 is 0 Å². The van der Waals surface area contributed by atoms with Crippen molar-refractivity contribution in [3.05, 3.63) is 95.0 Å². The van der Waals surface area contributed by atoms with Gasteiger partial charge in [-0.05, 0) is 84.8 Å². The largest absolute Gasteiger partial charge is 0.489 e. The van der Waals surface area contributed by atoms with Crippen LogP contribution in [0.4, 0.5) is 5.69 Å². The van der Waals surface area contributed by atoms with E-state index in [2.05, 4.69) is 6.92 Å². The second kappa shape index (κ2) is 15.1. The van der Waals surface area contributed by atoms with Crippen molar-refractivity contribution in [3.63, 3.8) is 0 Å². The molecule has 4 atom stereocenters. The standard InChI is InChI=1S/C35H40BNO9/c1-2-7-22(16-27-13-14-28(19-38)46-27)12-15-31(40)32-23(21-45-26-10-4-3-5-11-26)17-29-33(30(32)20-39)35(42)37(34(29)41)25-9-6-8-24(18-25)36(43)44/h3-6,8-11,13-14,16,18,29-31,33,38-40,43-44H,2,7,12,15,17,19-21H2,1H3/b22-16+/t29-,30+,31-,33-/m1/s1. The van der Waals surface area contributed by atoms with Gasteiger partial charge in [0.15, 0.2) is 0 Å². The van der Waals surface area contributed by atoms with Crippen LogP contribution < -0.4 is 15.1 Å². The van der Waals surface area contributed by atoms with Gasteiger partial charge in [0.05, 0.1) is 30.2 Å². The van der Waals surface area contributed by atoms with E-state index in [-0.39, 0.29) is 30.8 Å². The first-order valence-corrected chi connectivity index (χ1v) is 15.7. The molecule has 1 aromatic heterocycles. The van der Waals surface area contributed by atoms with Gasteiger partial charge in [-0.2, -0.15) is 0 Å². The zero-order valence-electron chi connectivity index (χ0n) is 25.8. The third kappa shape index (κ3) is 7.19. The molecule has 10 nitrogen and oxygen atoms in total. The van der Waals surface area contributed by atoms with E-state index < -0.39 is 49.4 Å². The summed E-state index contributed by atoms with van der Waals surface area (Å²) in [4.78, 5) is 28.8. The van der Waals surface area contributed by atoms with Crippen molar-refractivity contribution in [2.45, 2.75) is 51.7 Å². The third-order valence-electron chi connectivity index (χ3n) is 8.82. The Morgan fingerprint density at radius 2 is 1.83 bits per heavy atom. The van der Waals surface area contributed by atoms with Gasteiger partial charge in [0, 0.05) is 5.92 Å². The number of carbonyl (C=O) groups excluding carboxylic acids is 2. The molecule has 1 saturated heterocycles. The highest BCUT2D eigenvalue weighted by atomic mass is 16.5. The van der Waals surface area contributed by atoms with Crippen LogP contribution in [0.15, 0.2) is 87.9 Å². The molecule has 0 saturated carbocycles. The number of imide groups is 1. The topological polar surface area (TPSA) is 161 Å². The predicted molar refractivity (Wildman–Crippen MR) is 173 cm³/mol. The Morgan fingerprint density at radius 1 is 1.04 bits per heavy atom. The Bertz CT molecular complexity index is 1580. The number of nitrogens with zero attached hydrogens (tertiary/aromatic N) is 1. The summed E-state index contributed by atoms with van der Waals surface area (Å²) in [7, 11) is -1.78. The molecular formula is C35H40BNO9. The number of carbonyl (C=O) groups is 2. The van der Waals surface area contributed by atoms with Crippen molar-refractivity contribution >= 4 is 36.2 Å². The number of benzene rings is 2. The summed E-state index contributed by atoms with van der Waals surface area (Å²) in [5.41, 5.74) is 2.57. The number of furan rings is 1. The van der Waals surface area contributed by atoms with Crippen LogP contribution in [0.25, 0.3) is 6.08 Å². The summed E-state index contributed by atoms with van der Waals surface area (Å²) in [6.07, 6.45) is 3.51. The molecule has 0 unspecified atom stereocenters. The maximum absolute atomic E-state index is 13.9. The fraction of sp³-hybridized carbons (Fsp3) is 0.371. The lowest BCUT2D eigenvalue weighted by atomic mass is 9.68. The van der Waals surface area contributed by atoms with Gasteiger partial charge in [-0.1, -0.05) is 49.2 Å². The van der Waals surface area contributed by atoms with E-state index in [1.54, 1.807) is 30.3 Å². The van der Waals surface area contributed by atoms with Crippen LogP contribution in [0.1, 0.15) is 50.5 Å². The van der Waals surface area contributed by atoms with Gasteiger partial charge in [-0.3, -0.25) is 14.5 Å². The molecule has 0 radical (unpaired) electrons. The summed E-state index contributed by atoms with van der Waals surface area (Å²) in [5.74, 6) is -1.79. The second-order valence-electron chi connectivity index (χ2n) is 11.8. The third-order valence-corrected chi connectivity index (χ3v) is 8.82. The van der Waals surface area contributed by atoms with E-state index in [1.807, 2.05) is 24.3 Å². The summed E-state index contributed by atoms with van der Waals surface area (Å²) >= 11 is 0. The highest BCUT2D eigenvalue weighted by Gasteiger charge is 2.55. The van der Waals surface area contributed by atoms with Gasteiger partial charge in [0.2, 0.25) is 11.8 Å². The maximum atomic E-state index is 13.9. The lowest BCUT2D eigenvalue weighted by molar-refractivity contribution is -0.123.